The van der Waals surface area contributed by atoms with Crippen LogP contribution in [0, 0.1) is 0 Å². The third-order valence-electron chi connectivity index (χ3n) is 5.16. The lowest BCUT2D eigenvalue weighted by Gasteiger charge is -2.24. The highest BCUT2D eigenvalue weighted by molar-refractivity contribution is 6.02. The second-order valence-corrected chi connectivity index (χ2v) is 7.02. The predicted molar refractivity (Wildman–Crippen MR) is 110 cm³/mol. The lowest BCUT2D eigenvalue weighted by atomic mass is 10.0. The molecule has 0 bridgehead atoms. The van der Waals surface area contributed by atoms with Crippen LogP contribution in [0.3, 0.4) is 0 Å². The van der Waals surface area contributed by atoms with Gasteiger partial charge < -0.3 is 14.9 Å². The van der Waals surface area contributed by atoms with Gasteiger partial charge in [-0.1, -0.05) is 6.07 Å². The number of nitrogen functional groups attached to an aromatic ring is 1. The van der Waals surface area contributed by atoms with E-state index in [4.69, 9.17) is 14.9 Å². The monoisotopic (exact) mass is 390 g/mol. The van der Waals surface area contributed by atoms with E-state index in [0.717, 1.165) is 37.4 Å². The van der Waals surface area contributed by atoms with Crippen LogP contribution >= 0.6 is 0 Å². The molecule has 0 atom stereocenters. The number of hydrogen-bond acceptors (Lipinski definition) is 7. The highest BCUT2D eigenvalue weighted by Gasteiger charge is 2.26. The van der Waals surface area contributed by atoms with Crippen LogP contribution in [-0.4, -0.2) is 65.8 Å². The molecule has 3 heterocycles. The third-order valence-corrected chi connectivity index (χ3v) is 5.16. The highest BCUT2D eigenvalue weighted by atomic mass is 16.5. The number of fused-ring (bicyclic) bond motifs is 2. The Hall–Kier alpha value is -3.36. The van der Waals surface area contributed by atoms with Gasteiger partial charge in [-0.05, 0) is 46.5 Å². The van der Waals surface area contributed by atoms with Gasteiger partial charge in [0.2, 0.25) is 0 Å². The zero-order valence-corrected chi connectivity index (χ0v) is 15.7. The fourth-order valence-corrected chi connectivity index (χ4v) is 3.56. The quantitative estimate of drug-likeness (QED) is 0.690. The molecule has 1 fully saturated rings. The molecule has 2 N–H and O–H groups in total. The minimum Gasteiger partial charge on any atom is -0.424 e. The number of anilines is 1. The molecule has 3 aromatic rings. The molecule has 0 aliphatic carbocycles. The van der Waals surface area contributed by atoms with Gasteiger partial charge in [-0.25, -0.2) is 4.79 Å². The van der Waals surface area contributed by atoms with Crippen molar-refractivity contribution in [2.45, 2.75) is 0 Å². The second kappa shape index (κ2) is 7.23. The van der Waals surface area contributed by atoms with Crippen LogP contribution in [0.1, 0.15) is 10.4 Å². The highest BCUT2D eigenvalue weighted by Crippen LogP contribution is 2.31. The smallest absolute Gasteiger partial charge is 0.349 e. The van der Waals surface area contributed by atoms with Crippen molar-refractivity contribution in [1.82, 2.24) is 9.88 Å². The molecule has 5 rings (SSSR count). The van der Waals surface area contributed by atoms with Gasteiger partial charge in [0.1, 0.15) is 11.1 Å². The first-order valence-electron chi connectivity index (χ1n) is 9.48. The number of nitrogens with two attached hydrogens (primary N) is 1. The first kappa shape index (κ1) is 17.7. The number of aliphatic imine (C=N–C) groups is 1. The first-order valence-corrected chi connectivity index (χ1v) is 9.48. The fraction of sp³-hybridized carbons (Fsp3) is 0.238. The lowest BCUT2D eigenvalue weighted by Crippen LogP contribution is -2.39. The molecule has 0 spiro atoms. The summed E-state index contributed by atoms with van der Waals surface area (Å²) in [4.78, 5) is 23.9. The standard InChI is InChI=1S/C21H20N5O3/c22-21-24-18-12-15(2-4-19(18)29-21)14-1-3-17-16(11-14)20(27)26(13-23-17)6-5-25-7-9-28-10-8-25/h1-4,6,11-13H,5,7-10H2,(H2,22,24)/q+1. The van der Waals surface area contributed by atoms with Gasteiger partial charge in [0.05, 0.1) is 26.0 Å². The number of rotatable bonds is 3. The Bertz CT molecular complexity index is 1160. The van der Waals surface area contributed by atoms with Gasteiger partial charge in [0.25, 0.3) is 12.4 Å². The van der Waals surface area contributed by atoms with E-state index in [-0.39, 0.29) is 11.9 Å². The average molecular weight is 390 g/mol. The largest absolute Gasteiger partial charge is 0.424 e. The average Bonchev–Trinajstić information content (AvgIpc) is 3.13. The first-order chi connectivity index (χ1) is 14.2. The summed E-state index contributed by atoms with van der Waals surface area (Å²) in [5.41, 5.74) is 10.0. The van der Waals surface area contributed by atoms with Crippen LogP contribution in [0.2, 0.25) is 0 Å². The van der Waals surface area contributed by atoms with Crippen molar-refractivity contribution in [3.05, 3.63) is 42.0 Å². The second-order valence-electron chi connectivity index (χ2n) is 7.02. The minimum atomic E-state index is -0.0862. The summed E-state index contributed by atoms with van der Waals surface area (Å²) in [5, 5.41) is 0. The van der Waals surface area contributed by atoms with Crippen LogP contribution < -0.4 is 5.73 Å². The molecule has 2 aliphatic rings. The lowest BCUT2D eigenvalue weighted by molar-refractivity contribution is -0.288. The van der Waals surface area contributed by atoms with Gasteiger partial charge in [0, 0.05) is 13.1 Å². The summed E-state index contributed by atoms with van der Waals surface area (Å²) in [7, 11) is 0. The molecule has 0 unspecified atom stereocenters. The van der Waals surface area contributed by atoms with E-state index in [1.807, 2.05) is 42.6 Å². The molecular formula is C21H20N5O3+. The summed E-state index contributed by atoms with van der Waals surface area (Å²) in [6, 6.07) is 11.5. The number of carbonyl (C=O) groups excluding carboxylic acids is 1. The van der Waals surface area contributed by atoms with Gasteiger partial charge in [-0.15, -0.1) is 0 Å². The summed E-state index contributed by atoms with van der Waals surface area (Å²) >= 11 is 0. The van der Waals surface area contributed by atoms with Gasteiger partial charge in [0.15, 0.2) is 11.3 Å². The maximum atomic E-state index is 13.0. The van der Waals surface area contributed by atoms with Gasteiger partial charge in [-0.2, -0.15) is 9.56 Å². The molecule has 146 valence electrons. The van der Waals surface area contributed by atoms with Crippen LogP contribution in [0.25, 0.3) is 22.2 Å². The maximum Gasteiger partial charge on any atom is 0.349 e. The predicted octanol–water partition coefficient (Wildman–Crippen LogP) is 2.31. The van der Waals surface area contributed by atoms with Crippen molar-refractivity contribution in [2.75, 3.05) is 38.6 Å². The summed E-state index contributed by atoms with van der Waals surface area (Å²) in [6.07, 6.45) is 3.45. The number of hydrogen-bond donors (Lipinski definition) is 1. The van der Waals surface area contributed by atoms with Crippen molar-refractivity contribution in [3.8, 4) is 11.1 Å². The van der Waals surface area contributed by atoms with Crippen LogP contribution in [0.15, 0.2) is 45.8 Å². The number of benzene rings is 2. The Labute approximate surface area is 166 Å². The number of aromatic nitrogens is 1. The number of nitrogens with zero attached hydrogens (tertiary/aromatic N) is 4. The van der Waals surface area contributed by atoms with Crippen LogP contribution in [-0.2, 0) is 4.74 Å². The van der Waals surface area contributed by atoms with Crippen molar-refractivity contribution < 1.29 is 18.5 Å². The number of carbonyl (C=O) groups is 1. The zero-order chi connectivity index (χ0) is 19.8. The Kier molecular flexibility index (Phi) is 4.42. The van der Waals surface area contributed by atoms with E-state index in [9.17, 15) is 4.79 Å². The van der Waals surface area contributed by atoms with E-state index >= 15 is 0 Å². The van der Waals surface area contributed by atoms with Crippen LogP contribution in [0.4, 0.5) is 11.7 Å². The Morgan fingerprint density at radius 2 is 1.93 bits per heavy atom. The van der Waals surface area contributed by atoms with Crippen molar-refractivity contribution in [2.24, 2.45) is 4.99 Å². The Balaban J connectivity index is 1.43. The fourth-order valence-electron chi connectivity index (χ4n) is 3.56. The SMILES string of the molecule is Nc1nc2cc(-c3ccc4c(c3)C(=O)[N+](=CCN3CCOCC3)C=N4)ccc2o1. The molecule has 2 aromatic carbocycles. The maximum absolute atomic E-state index is 13.0. The molecule has 0 radical (unpaired) electrons. The molecule has 1 saturated heterocycles. The minimum absolute atomic E-state index is 0.0862. The van der Waals surface area contributed by atoms with E-state index in [0.29, 0.717) is 28.9 Å². The number of morpholine rings is 1. The topological polar surface area (TPSA) is 97.0 Å². The molecule has 2 aliphatic heterocycles. The van der Waals surface area contributed by atoms with E-state index in [1.54, 1.807) is 10.9 Å². The molecule has 29 heavy (non-hydrogen) atoms. The van der Waals surface area contributed by atoms with E-state index < -0.39 is 0 Å². The van der Waals surface area contributed by atoms with Crippen molar-refractivity contribution >= 4 is 41.3 Å². The van der Waals surface area contributed by atoms with Crippen molar-refractivity contribution in [3.63, 3.8) is 0 Å². The Morgan fingerprint density at radius 1 is 1.14 bits per heavy atom. The van der Waals surface area contributed by atoms with Crippen LogP contribution in [0.5, 0.6) is 0 Å². The summed E-state index contributed by atoms with van der Waals surface area (Å²) in [6.45, 7) is 3.87. The van der Waals surface area contributed by atoms with Gasteiger partial charge in [-0.3, -0.25) is 4.90 Å². The molecule has 1 amide bonds. The van der Waals surface area contributed by atoms with E-state index in [2.05, 4.69) is 14.9 Å². The Morgan fingerprint density at radius 3 is 2.79 bits per heavy atom. The molecule has 8 heteroatoms. The van der Waals surface area contributed by atoms with E-state index in [1.165, 1.54) is 0 Å². The summed E-state index contributed by atoms with van der Waals surface area (Å²) < 4.78 is 12.2. The normalized spacial score (nSPS) is 18.5. The molecule has 8 nitrogen and oxygen atoms in total. The summed E-state index contributed by atoms with van der Waals surface area (Å²) in [5.74, 6) is -0.0862. The molecule has 0 saturated carbocycles. The molecular weight excluding hydrogens is 370 g/mol. The number of amides is 1. The van der Waals surface area contributed by atoms with Crippen molar-refractivity contribution in [1.29, 1.82) is 0 Å². The number of ether oxygens (including phenoxy) is 1. The number of oxazole rings is 1. The van der Waals surface area contributed by atoms with Gasteiger partial charge >= 0.3 is 5.91 Å². The third kappa shape index (κ3) is 3.43. The molecule has 1 aromatic heterocycles. The zero-order valence-electron chi connectivity index (χ0n) is 15.7.